The number of ether oxygens (including phenoxy) is 1. The molecule has 76 valence electrons. The first kappa shape index (κ1) is 8.78. The summed E-state index contributed by atoms with van der Waals surface area (Å²) >= 11 is 0. The minimum absolute atomic E-state index is 0.963. The van der Waals surface area contributed by atoms with Gasteiger partial charge in [-0.15, -0.1) is 0 Å². The van der Waals surface area contributed by atoms with Gasteiger partial charge in [-0.2, -0.15) is 0 Å². The average Bonchev–Trinajstić information content (AvgIpc) is 3.11. The Morgan fingerprint density at radius 2 is 2.00 bits per heavy atom. The molecule has 0 unspecified atom stereocenters. The van der Waals surface area contributed by atoms with Crippen LogP contribution in [-0.4, -0.2) is 0 Å². The van der Waals surface area contributed by atoms with E-state index in [0.717, 1.165) is 17.9 Å². The summed E-state index contributed by atoms with van der Waals surface area (Å²) in [5.74, 6) is 2.11. The van der Waals surface area contributed by atoms with E-state index in [2.05, 4.69) is 31.2 Å². The lowest BCUT2D eigenvalue weighted by molar-refractivity contribution is 0.404. The van der Waals surface area contributed by atoms with Crippen LogP contribution in [0.4, 0.5) is 0 Å². The third kappa shape index (κ3) is 1.48. The van der Waals surface area contributed by atoms with Crippen molar-refractivity contribution in [3.63, 3.8) is 0 Å². The van der Waals surface area contributed by atoms with Gasteiger partial charge in [-0.05, 0) is 30.6 Å². The quantitative estimate of drug-likeness (QED) is 0.664. The summed E-state index contributed by atoms with van der Waals surface area (Å²) in [7, 11) is 0. The van der Waals surface area contributed by atoms with Crippen molar-refractivity contribution in [1.82, 2.24) is 0 Å². The Balaban J connectivity index is 2.16. The molecule has 1 heterocycles. The number of rotatable bonds is 1. The van der Waals surface area contributed by atoms with Crippen molar-refractivity contribution in [2.45, 2.75) is 26.2 Å². The SMILES string of the molecule is CCC1=CC(=C2CC2)c2ccccc2O1. The second kappa shape index (κ2) is 3.27. The highest BCUT2D eigenvalue weighted by Gasteiger charge is 2.23. The van der Waals surface area contributed by atoms with E-state index in [1.54, 1.807) is 5.57 Å². The average molecular weight is 198 g/mol. The molecule has 1 saturated carbocycles. The summed E-state index contributed by atoms with van der Waals surface area (Å²) in [5.41, 5.74) is 4.26. The second-order valence-corrected chi connectivity index (χ2v) is 4.08. The van der Waals surface area contributed by atoms with E-state index in [-0.39, 0.29) is 0 Å². The van der Waals surface area contributed by atoms with Gasteiger partial charge in [0.25, 0.3) is 0 Å². The minimum atomic E-state index is 0.963. The van der Waals surface area contributed by atoms with Gasteiger partial charge in [0.2, 0.25) is 0 Å². The predicted molar refractivity (Wildman–Crippen MR) is 61.6 cm³/mol. The smallest absolute Gasteiger partial charge is 0.134 e. The molecular formula is C14H14O. The van der Waals surface area contributed by atoms with Crippen LogP contribution in [0.3, 0.4) is 0 Å². The molecule has 1 heteroatoms. The van der Waals surface area contributed by atoms with Crippen LogP contribution >= 0.6 is 0 Å². The fourth-order valence-electron chi connectivity index (χ4n) is 1.99. The summed E-state index contributed by atoms with van der Waals surface area (Å²) in [6.45, 7) is 2.13. The molecule has 3 rings (SSSR count). The van der Waals surface area contributed by atoms with Gasteiger partial charge >= 0.3 is 0 Å². The first-order valence-electron chi connectivity index (χ1n) is 5.58. The molecule has 1 aromatic rings. The summed E-state index contributed by atoms with van der Waals surface area (Å²) < 4.78 is 5.82. The number of hydrogen-bond donors (Lipinski definition) is 0. The standard InChI is InChI=1S/C14H14O/c1-2-11-9-13(10-7-8-10)12-5-3-4-6-14(12)15-11/h3-6,9H,2,7-8H2,1H3. The second-order valence-electron chi connectivity index (χ2n) is 4.08. The van der Waals surface area contributed by atoms with Crippen LogP contribution in [0.25, 0.3) is 5.57 Å². The molecule has 0 spiro atoms. The summed E-state index contributed by atoms with van der Waals surface area (Å²) in [5, 5.41) is 0. The van der Waals surface area contributed by atoms with E-state index in [4.69, 9.17) is 4.74 Å². The lowest BCUT2D eigenvalue weighted by atomic mass is 10.0. The van der Waals surface area contributed by atoms with Crippen LogP contribution in [0, 0.1) is 0 Å². The summed E-state index contributed by atoms with van der Waals surface area (Å²) in [4.78, 5) is 0. The number of allylic oxidation sites excluding steroid dienone is 4. The fourth-order valence-corrected chi connectivity index (χ4v) is 1.99. The van der Waals surface area contributed by atoms with Gasteiger partial charge in [0.15, 0.2) is 0 Å². The van der Waals surface area contributed by atoms with E-state index in [0.29, 0.717) is 0 Å². The highest BCUT2D eigenvalue weighted by atomic mass is 16.5. The summed E-state index contributed by atoms with van der Waals surface area (Å²) in [6.07, 6.45) is 5.70. The fraction of sp³-hybridized carbons (Fsp3) is 0.286. The van der Waals surface area contributed by atoms with E-state index in [1.807, 2.05) is 6.07 Å². The van der Waals surface area contributed by atoms with Crippen LogP contribution in [0.1, 0.15) is 31.7 Å². The van der Waals surface area contributed by atoms with Crippen LogP contribution in [0.5, 0.6) is 5.75 Å². The van der Waals surface area contributed by atoms with Crippen molar-refractivity contribution in [3.8, 4) is 5.75 Å². The Morgan fingerprint density at radius 1 is 1.20 bits per heavy atom. The third-order valence-corrected chi connectivity index (χ3v) is 2.95. The van der Waals surface area contributed by atoms with Gasteiger partial charge in [-0.25, -0.2) is 0 Å². The minimum Gasteiger partial charge on any atom is -0.461 e. The molecule has 0 amide bonds. The van der Waals surface area contributed by atoms with Gasteiger partial charge in [0.1, 0.15) is 11.5 Å². The zero-order chi connectivity index (χ0) is 10.3. The lowest BCUT2D eigenvalue weighted by Crippen LogP contribution is -2.03. The zero-order valence-corrected chi connectivity index (χ0v) is 8.92. The van der Waals surface area contributed by atoms with Crippen molar-refractivity contribution in [2.75, 3.05) is 0 Å². The maximum Gasteiger partial charge on any atom is 0.134 e. The molecular weight excluding hydrogens is 184 g/mol. The largest absolute Gasteiger partial charge is 0.461 e. The topological polar surface area (TPSA) is 9.23 Å². The molecule has 0 N–H and O–H groups in total. The van der Waals surface area contributed by atoms with Gasteiger partial charge in [0.05, 0.1) is 0 Å². The Labute approximate surface area is 90.1 Å². The van der Waals surface area contributed by atoms with Crippen molar-refractivity contribution >= 4 is 5.57 Å². The highest BCUT2D eigenvalue weighted by molar-refractivity contribution is 5.83. The van der Waals surface area contributed by atoms with Gasteiger partial charge in [-0.1, -0.05) is 30.7 Å². The van der Waals surface area contributed by atoms with Crippen molar-refractivity contribution in [2.24, 2.45) is 0 Å². The van der Waals surface area contributed by atoms with Gasteiger partial charge < -0.3 is 4.74 Å². The molecule has 0 radical (unpaired) electrons. The van der Waals surface area contributed by atoms with E-state index in [1.165, 1.54) is 24.0 Å². The molecule has 1 aromatic carbocycles. The van der Waals surface area contributed by atoms with Crippen LogP contribution in [0.2, 0.25) is 0 Å². The number of hydrogen-bond acceptors (Lipinski definition) is 1. The van der Waals surface area contributed by atoms with Gasteiger partial charge in [0, 0.05) is 12.0 Å². The molecule has 1 nitrogen and oxygen atoms in total. The molecule has 0 bridgehead atoms. The number of fused-ring (bicyclic) bond motifs is 1. The molecule has 1 fully saturated rings. The van der Waals surface area contributed by atoms with Crippen LogP contribution < -0.4 is 4.74 Å². The third-order valence-electron chi connectivity index (χ3n) is 2.95. The maximum absolute atomic E-state index is 5.82. The lowest BCUT2D eigenvalue weighted by Gasteiger charge is -2.19. The Kier molecular flexibility index (Phi) is 1.91. The molecule has 0 saturated heterocycles. The van der Waals surface area contributed by atoms with E-state index in [9.17, 15) is 0 Å². The molecule has 1 aliphatic carbocycles. The monoisotopic (exact) mass is 198 g/mol. The Hall–Kier alpha value is -1.50. The maximum atomic E-state index is 5.82. The van der Waals surface area contributed by atoms with E-state index >= 15 is 0 Å². The van der Waals surface area contributed by atoms with Crippen molar-refractivity contribution < 1.29 is 4.74 Å². The predicted octanol–water partition coefficient (Wildman–Crippen LogP) is 3.92. The van der Waals surface area contributed by atoms with Crippen molar-refractivity contribution in [3.05, 3.63) is 47.2 Å². The van der Waals surface area contributed by atoms with Crippen LogP contribution in [-0.2, 0) is 0 Å². The number of benzene rings is 1. The molecule has 0 atom stereocenters. The van der Waals surface area contributed by atoms with Gasteiger partial charge in [-0.3, -0.25) is 0 Å². The Morgan fingerprint density at radius 3 is 2.73 bits per heavy atom. The first-order valence-corrected chi connectivity index (χ1v) is 5.58. The van der Waals surface area contributed by atoms with E-state index < -0.39 is 0 Å². The highest BCUT2D eigenvalue weighted by Crippen LogP contribution is 2.43. The molecule has 0 aromatic heterocycles. The summed E-state index contributed by atoms with van der Waals surface area (Å²) in [6, 6.07) is 8.32. The van der Waals surface area contributed by atoms with Crippen molar-refractivity contribution in [1.29, 1.82) is 0 Å². The molecule has 1 aliphatic heterocycles. The Bertz CT molecular complexity index is 460. The number of para-hydroxylation sites is 1. The molecule has 2 aliphatic rings. The first-order chi connectivity index (χ1) is 7.38. The zero-order valence-electron chi connectivity index (χ0n) is 8.92. The molecule has 15 heavy (non-hydrogen) atoms. The normalized spacial score (nSPS) is 18.1. The van der Waals surface area contributed by atoms with Crippen LogP contribution in [0.15, 0.2) is 41.7 Å².